The van der Waals surface area contributed by atoms with Crippen molar-refractivity contribution in [3.63, 3.8) is 0 Å². The smallest absolute Gasteiger partial charge is 0.167 e. The lowest BCUT2D eigenvalue weighted by Gasteiger charge is -2.33. The molecule has 0 radical (unpaired) electrons. The number of hydrogen-bond acceptors (Lipinski definition) is 5. The van der Waals surface area contributed by atoms with Gasteiger partial charge in [-0.25, -0.2) is 15.0 Å². The Morgan fingerprint density at radius 2 is 0.985 bits per heavy atom. The maximum absolute atomic E-state index is 6.56. The van der Waals surface area contributed by atoms with Gasteiger partial charge in [0.05, 0.1) is 28.0 Å². The first kappa shape index (κ1) is 35.7. The fourth-order valence-electron chi connectivity index (χ4n) is 10.2. The Kier molecular flexibility index (Phi) is 7.59. The van der Waals surface area contributed by atoms with Crippen molar-refractivity contribution in [2.24, 2.45) is 0 Å². The predicted molar refractivity (Wildman–Crippen MR) is 266 cm³/mol. The summed E-state index contributed by atoms with van der Waals surface area (Å²) in [6.45, 7) is 0. The van der Waals surface area contributed by atoms with Gasteiger partial charge in [-0.15, -0.1) is 0 Å². The van der Waals surface area contributed by atoms with Crippen LogP contribution in [0.1, 0.15) is 0 Å². The number of furan rings is 1. The van der Waals surface area contributed by atoms with E-state index in [2.05, 4.69) is 198 Å². The van der Waals surface area contributed by atoms with Crippen LogP contribution in [0.2, 0.25) is 0 Å². The zero-order valence-electron chi connectivity index (χ0n) is 34.9. The van der Waals surface area contributed by atoms with E-state index in [4.69, 9.17) is 19.4 Å². The molecule has 0 atom stereocenters. The third-order valence-electron chi connectivity index (χ3n) is 13.1. The van der Waals surface area contributed by atoms with Crippen molar-refractivity contribution in [3.8, 4) is 51.0 Å². The molecule has 6 heteroatoms. The Bertz CT molecular complexity index is 4090. The van der Waals surface area contributed by atoms with E-state index in [-0.39, 0.29) is 0 Å². The molecule has 14 rings (SSSR count). The first-order valence-electron chi connectivity index (χ1n) is 21.9. The van der Waals surface area contributed by atoms with Crippen LogP contribution in [0.15, 0.2) is 217 Å². The summed E-state index contributed by atoms with van der Waals surface area (Å²) in [6, 6.07) is 75.1. The van der Waals surface area contributed by atoms with Crippen LogP contribution >= 0.6 is 0 Å². The number of rotatable bonds is 5. The molecular formula is C59H35N5O. The van der Waals surface area contributed by atoms with E-state index < -0.39 is 0 Å². The lowest BCUT2D eigenvalue weighted by Crippen LogP contribution is -2.14. The standard InChI is InChI=1S/C59H35N5O/c1-2-15-41(16-3-1)63-50-23-7-4-17-43(50)45-32-30-40(35-53(45)63)58-60-57(61-59(62-58)49-22-12-21-48-46-19-6-9-26-54(46)65-56(48)49)39-28-27-38-34-42(31-29-37(38)33-39)64-51-24-8-5-18-44(51)47-20-10-13-36-14-11-25-52(64)55(36)47/h1-35H. The molecule has 0 N–H and O–H groups in total. The lowest BCUT2D eigenvalue weighted by atomic mass is 9.91. The average molecular weight is 830 g/mol. The third-order valence-corrected chi connectivity index (χ3v) is 13.1. The van der Waals surface area contributed by atoms with Crippen LogP contribution in [-0.4, -0.2) is 19.5 Å². The number of hydrogen-bond donors (Lipinski definition) is 0. The summed E-state index contributed by atoms with van der Waals surface area (Å²) >= 11 is 0. The topological polar surface area (TPSA) is 60.0 Å². The Balaban J connectivity index is 0.944. The van der Waals surface area contributed by atoms with Crippen molar-refractivity contribution in [1.29, 1.82) is 0 Å². The SMILES string of the molecule is c1ccc(-n2c3ccccc3c3ccc(-c4nc(-c5ccc6cc(N7c8ccccc8-c8cccc9cccc7c89)ccc6c5)nc(-c5cccc6c5oc5ccccc56)n4)cc32)cc1. The number of nitrogens with zero attached hydrogens (tertiary/aromatic N) is 5. The van der Waals surface area contributed by atoms with Gasteiger partial charge in [-0.05, 0) is 88.5 Å². The monoisotopic (exact) mass is 829 g/mol. The molecule has 0 unspecified atom stereocenters. The highest BCUT2D eigenvalue weighted by Crippen LogP contribution is 2.51. The van der Waals surface area contributed by atoms with Gasteiger partial charge < -0.3 is 13.9 Å². The number of fused-ring (bicyclic) bond motifs is 9. The molecule has 6 nitrogen and oxygen atoms in total. The van der Waals surface area contributed by atoms with Gasteiger partial charge in [0.2, 0.25) is 0 Å². The summed E-state index contributed by atoms with van der Waals surface area (Å²) < 4.78 is 8.88. The second-order valence-electron chi connectivity index (χ2n) is 16.8. The maximum Gasteiger partial charge on any atom is 0.167 e. The molecule has 302 valence electrons. The Morgan fingerprint density at radius 3 is 1.89 bits per heavy atom. The lowest BCUT2D eigenvalue weighted by molar-refractivity contribution is 0.669. The molecule has 4 heterocycles. The number of para-hydroxylation sites is 5. The number of aromatic nitrogens is 4. The zero-order chi connectivity index (χ0) is 42.6. The first-order chi connectivity index (χ1) is 32.2. The van der Waals surface area contributed by atoms with Crippen molar-refractivity contribution in [2.45, 2.75) is 0 Å². The molecular weight excluding hydrogens is 795 g/mol. The van der Waals surface area contributed by atoms with E-state index in [1.807, 2.05) is 24.3 Å². The number of benzene rings is 10. The van der Waals surface area contributed by atoms with Gasteiger partial charge >= 0.3 is 0 Å². The fourth-order valence-corrected chi connectivity index (χ4v) is 10.2. The van der Waals surface area contributed by atoms with Crippen LogP contribution in [0.3, 0.4) is 0 Å². The second-order valence-corrected chi connectivity index (χ2v) is 16.8. The van der Waals surface area contributed by atoms with Crippen LogP contribution in [0, 0.1) is 0 Å². The molecule has 0 spiro atoms. The highest BCUT2D eigenvalue weighted by Gasteiger charge is 2.26. The molecule has 10 aromatic carbocycles. The minimum absolute atomic E-state index is 0.548. The van der Waals surface area contributed by atoms with Gasteiger partial charge in [0.1, 0.15) is 11.2 Å². The van der Waals surface area contributed by atoms with E-state index in [0.29, 0.717) is 17.5 Å². The molecule has 13 aromatic rings. The highest BCUT2D eigenvalue weighted by molar-refractivity contribution is 6.14. The van der Waals surface area contributed by atoms with Crippen LogP contribution in [-0.2, 0) is 0 Å². The third kappa shape index (κ3) is 5.44. The quantitative estimate of drug-likeness (QED) is 0.173. The molecule has 0 saturated heterocycles. The average Bonchev–Trinajstić information content (AvgIpc) is 3.92. The molecule has 0 amide bonds. The van der Waals surface area contributed by atoms with Gasteiger partial charge in [-0.3, -0.25) is 0 Å². The summed E-state index contributed by atoms with van der Waals surface area (Å²) in [4.78, 5) is 18.2. The summed E-state index contributed by atoms with van der Waals surface area (Å²) in [5.74, 6) is 1.71. The minimum Gasteiger partial charge on any atom is -0.455 e. The predicted octanol–water partition coefficient (Wildman–Crippen LogP) is 15.6. The molecule has 0 saturated carbocycles. The first-order valence-corrected chi connectivity index (χ1v) is 21.9. The van der Waals surface area contributed by atoms with Gasteiger partial charge in [0, 0.05) is 55.0 Å². The van der Waals surface area contributed by atoms with Crippen LogP contribution in [0.4, 0.5) is 17.1 Å². The highest BCUT2D eigenvalue weighted by atomic mass is 16.3. The summed E-state index contributed by atoms with van der Waals surface area (Å²) in [5, 5.41) is 9.15. The molecule has 1 aliphatic heterocycles. The van der Waals surface area contributed by atoms with Crippen LogP contribution < -0.4 is 4.90 Å². The van der Waals surface area contributed by atoms with Crippen molar-refractivity contribution in [2.75, 3.05) is 4.90 Å². The van der Waals surface area contributed by atoms with Crippen molar-refractivity contribution in [1.82, 2.24) is 19.5 Å². The van der Waals surface area contributed by atoms with E-state index in [0.717, 1.165) is 77.2 Å². The second kappa shape index (κ2) is 13.8. The van der Waals surface area contributed by atoms with Gasteiger partial charge in [-0.1, -0.05) is 146 Å². The normalized spacial score (nSPS) is 12.3. The molecule has 0 aliphatic carbocycles. The maximum atomic E-state index is 6.56. The van der Waals surface area contributed by atoms with Crippen molar-refractivity contribution in [3.05, 3.63) is 212 Å². The van der Waals surface area contributed by atoms with Gasteiger partial charge in [0.25, 0.3) is 0 Å². The van der Waals surface area contributed by atoms with E-state index in [1.54, 1.807) is 0 Å². The van der Waals surface area contributed by atoms with Gasteiger partial charge in [-0.2, -0.15) is 0 Å². The van der Waals surface area contributed by atoms with Crippen LogP contribution in [0.25, 0.3) is 116 Å². The van der Waals surface area contributed by atoms with Crippen LogP contribution in [0.5, 0.6) is 0 Å². The largest absolute Gasteiger partial charge is 0.455 e. The van der Waals surface area contributed by atoms with E-state index in [9.17, 15) is 0 Å². The zero-order valence-corrected chi connectivity index (χ0v) is 34.9. The summed E-state index contributed by atoms with van der Waals surface area (Å²) in [7, 11) is 0. The summed E-state index contributed by atoms with van der Waals surface area (Å²) in [6.07, 6.45) is 0. The molecule has 3 aromatic heterocycles. The minimum atomic E-state index is 0.548. The van der Waals surface area contributed by atoms with E-state index >= 15 is 0 Å². The Labute approximate surface area is 372 Å². The summed E-state index contributed by atoms with van der Waals surface area (Å²) in [5.41, 5.74) is 13.4. The Morgan fingerprint density at radius 1 is 0.354 bits per heavy atom. The fraction of sp³-hybridized carbons (Fsp3) is 0. The molecule has 1 aliphatic rings. The van der Waals surface area contributed by atoms with Gasteiger partial charge in [0.15, 0.2) is 17.5 Å². The number of anilines is 3. The van der Waals surface area contributed by atoms with Crippen molar-refractivity contribution < 1.29 is 4.42 Å². The van der Waals surface area contributed by atoms with Crippen molar-refractivity contribution >= 4 is 82.4 Å². The van der Waals surface area contributed by atoms with E-state index in [1.165, 1.54) is 38.7 Å². The Hall–Kier alpha value is -8.87. The molecule has 0 fully saturated rings. The molecule has 0 bridgehead atoms. The molecule has 65 heavy (non-hydrogen) atoms.